The van der Waals surface area contributed by atoms with Gasteiger partial charge in [-0.1, -0.05) is 11.6 Å². The van der Waals surface area contributed by atoms with Crippen molar-refractivity contribution in [3.63, 3.8) is 0 Å². The number of rotatable bonds is 5. The number of likely N-dealkylation sites (tertiary alicyclic amines) is 1. The summed E-state index contributed by atoms with van der Waals surface area (Å²) < 4.78 is 6.24. The molecule has 3 N–H and O–H groups in total. The smallest absolute Gasteiger partial charge is 0.227 e. The second kappa shape index (κ2) is 8.43. The molecule has 1 aliphatic rings. The second-order valence-corrected chi connectivity index (χ2v) is 8.13. The lowest BCUT2D eigenvalue weighted by Gasteiger charge is -2.34. The fourth-order valence-electron chi connectivity index (χ4n) is 3.57. The average Bonchev–Trinajstić information content (AvgIpc) is 2.71. The van der Waals surface area contributed by atoms with Crippen molar-refractivity contribution in [2.75, 3.05) is 24.1 Å². The van der Waals surface area contributed by atoms with Gasteiger partial charge in [0.25, 0.3) is 0 Å². The maximum atomic E-state index is 6.24. The SMILES string of the molecule is CC(C)N1CCC(Oc2ccc3cnc(Nc4ccc(N)c(Cl)c4)nc3c2)CC1. The molecule has 7 heteroatoms. The number of piperidine rings is 1. The molecule has 4 rings (SSSR count). The highest BCUT2D eigenvalue weighted by Gasteiger charge is 2.22. The zero-order chi connectivity index (χ0) is 20.4. The summed E-state index contributed by atoms with van der Waals surface area (Å²) in [6, 6.07) is 11.9. The highest BCUT2D eigenvalue weighted by Crippen LogP contribution is 2.26. The predicted molar refractivity (Wildman–Crippen MR) is 119 cm³/mol. The van der Waals surface area contributed by atoms with Gasteiger partial charge in [-0.3, -0.25) is 0 Å². The average molecular weight is 412 g/mol. The summed E-state index contributed by atoms with van der Waals surface area (Å²) in [6.45, 7) is 6.65. The van der Waals surface area contributed by atoms with Gasteiger partial charge in [-0.05, 0) is 57.0 Å². The van der Waals surface area contributed by atoms with Gasteiger partial charge in [-0.15, -0.1) is 0 Å². The molecule has 2 heterocycles. The van der Waals surface area contributed by atoms with Crippen molar-refractivity contribution < 1.29 is 4.74 Å². The standard InChI is InChI=1S/C22H26ClN5O/c1-14(2)28-9-7-17(8-10-28)29-18-5-3-15-13-25-22(27-21(15)12-18)26-16-4-6-20(24)19(23)11-16/h3-6,11-14,17H,7-10,24H2,1-2H3,(H,25,26,27). The number of nitrogens with two attached hydrogens (primary N) is 1. The molecular formula is C22H26ClN5O. The Morgan fingerprint density at radius 3 is 2.69 bits per heavy atom. The number of halogens is 1. The summed E-state index contributed by atoms with van der Waals surface area (Å²) in [5.74, 6) is 1.35. The maximum Gasteiger partial charge on any atom is 0.227 e. The topological polar surface area (TPSA) is 76.3 Å². The molecule has 6 nitrogen and oxygen atoms in total. The van der Waals surface area contributed by atoms with E-state index in [1.165, 1.54) is 0 Å². The molecule has 2 aromatic carbocycles. The predicted octanol–water partition coefficient (Wildman–Crippen LogP) is 4.86. The third-order valence-corrected chi connectivity index (χ3v) is 5.65. The zero-order valence-electron chi connectivity index (χ0n) is 16.7. The Morgan fingerprint density at radius 1 is 1.17 bits per heavy atom. The van der Waals surface area contributed by atoms with Crippen molar-refractivity contribution in [2.45, 2.75) is 38.8 Å². The van der Waals surface area contributed by atoms with Gasteiger partial charge < -0.3 is 20.7 Å². The molecule has 0 atom stereocenters. The molecule has 0 unspecified atom stereocenters. The summed E-state index contributed by atoms with van der Waals surface area (Å²) in [4.78, 5) is 11.5. The lowest BCUT2D eigenvalue weighted by atomic mass is 10.1. The van der Waals surface area contributed by atoms with Gasteiger partial charge in [0.15, 0.2) is 0 Å². The first kappa shape index (κ1) is 19.7. The minimum Gasteiger partial charge on any atom is -0.490 e. The normalized spacial score (nSPS) is 15.7. The number of nitrogens with zero attached hydrogens (tertiary/aromatic N) is 3. The molecule has 0 spiro atoms. The largest absolute Gasteiger partial charge is 0.490 e. The van der Waals surface area contributed by atoms with Crippen molar-refractivity contribution >= 4 is 39.8 Å². The van der Waals surface area contributed by atoms with E-state index in [1.807, 2.05) is 24.3 Å². The molecule has 1 saturated heterocycles. The Morgan fingerprint density at radius 2 is 1.97 bits per heavy atom. The lowest BCUT2D eigenvalue weighted by Crippen LogP contribution is -2.41. The Labute approximate surface area is 176 Å². The maximum absolute atomic E-state index is 6.24. The van der Waals surface area contributed by atoms with E-state index in [1.54, 1.807) is 18.3 Å². The van der Waals surface area contributed by atoms with Gasteiger partial charge in [0.05, 0.1) is 16.2 Å². The molecule has 152 valence electrons. The van der Waals surface area contributed by atoms with Gasteiger partial charge in [0.1, 0.15) is 11.9 Å². The summed E-state index contributed by atoms with van der Waals surface area (Å²) in [7, 11) is 0. The molecule has 0 saturated carbocycles. The van der Waals surface area contributed by atoms with Crippen LogP contribution < -0.4 is 15.8 Å². The van der Waals surface area contributed by atoms with Gasteiger partial charge >= 0.3 is 0 Å². The third kappa shape index (κ3) is 4.71. The van der Waals surface area contributed by atoms with Gasteiger partial charge in [0.2, 0.25) is 5.95 Å². The molecule has 1 aliphatic heterocycles. The number of hydrogen-bond donors (Lipinski definition) is 2. The number of fused-ring (bicyclic) bond motifs is 1. The van der Waals surface area contributed by atoms with Crippen LogP contribution in [0, 0.1) is 0 Å². The summed E-state index contributed by atoms with van der Waals surface area (Å²) >= 11 is 6.09. The van der Waals surface area contributed by atoms with Crippen LogP contribution in [0.5, 0.6) is 5.75 Å². The van der Waals surface area contributed by atoms with Crippen LogP contribution in [0.15, 0.2) is 42.6 Å². The lowest BCUT2D eigenvalue weighted by molar-refractivity contribution is 0.0844. The van der Waals surface area contributed by atoms with Crippen molar-refractivity contribution in [2.24, 2.45) is 0 Å². The molecule has 0 radical (unpaired) electrons. The quantitative estimate of drug-likeness (QED) is 0.584. The molecule has 3 aromatic rings. The highest BCUT2D eigenvalue weighted by molar-refractivity contribution is 6.33. The van der Waals surface area contributed by atoms with Crippen LogP contribution in [0.3, 0.4) is 0 Å². The summed E-state index contributed by atoms with van der Waals surface area (Å²) in [5, 5.41) is 4.63. The van der Waals surface area contributed by atoms with E-state index < -0.39 is 0 Å². The Balaban J connectivity index is 1.47. The van der Waals surface area contributed by atoms with Crippen LogP contribution in [0.1, 0.15) is 26.7 Å². The van der Waals surface area contributed by atoms with E-state index in [2.05, 4.69) is 34.0 Å². The minimum absolute atomic E-state index is 0.249. The molecule has 0 aliphatic carbocycles. The monoisotopic (exact) mass is 411 g/mol. The first-order valence-electron chi connectivity index (χ1n) is 9.97. The van der Waals surface area contributed by atoms with Crippen molar-refractivity contribution in [3.8, 4) is 5.75 Å². The van der Waals surface area contributed by atoms with Crippen LogP contribution in [0.25, 0.3) is 10.9 Å². The summed E-state index contributed by atoms with van der Waals surface area (Å²) in [6.07, 6.45) is 4.14. The number of nitrogens with one attached hydrogen (secondary N) is 1. The van der Waals surface area contributed by atoms with Crippen LogP contribution in [0.4, 0.5) is 17.3 Å². The van der Waals surface area contributed by atoms with Crippen LogP contribution in [-0.4, -0.2) is 40.1 Å². The van der Waals surface area contributed by atoms with E-state index in [0.29, 0.717) is 22.7 Å². The number of hydrogen-bond acceptors (Lipinski definition) is 6. The minimum atomic E-state index is 0.249. The van der Waals surface area contributed by atoms with Crippen LogP contribution >= 0.6 is 11.6 Å². The zero-order valence-corrected chi connectivity index (χ0v) is 17.5. The first-order chi connectivity index (χ1) is 14.0. The third-order valence-electron chi connectivity index (χ3n) is 5.32. The second-order valence-electron chi connectivity index (χ2n) is 7.72. The molecule has 1 fully saturated rings. The van der Waals surface area contributed by atoms with E-state index >= 15 is 0 Å². The summed E-state index contributed by atoms with van der Waals surface area (Å²) in [5.41, 5.74) is 7.92. The number of benzene rings is 2. The number of nitrogen functional groups attached to an aromatic ring is 1. The van der Waals surface area contributed by atoms with Crippen molar-refractivity contribution in [1.29, 1.82) is 0 Å². The number of anilines is 3. The van der Waals surface area contributed by atoms with E-state index in [-0.39, 0.29) is 6.10 Å². The fourth-order valence-corrected chi connectivity index (χ4v) is 3.75. The van der Waals surface area contributed by atoms with Gasteiger partial charge in [-0.25, -0.2) is 9.97 Å². The van der Waals surface area contributed by atoms with E-state index in [9.17, 15) is 0 Å². The van der Waals surface area contributed by atoms with Crippen molar-refractivity contribution in [3.05, 3.63) is 47.6 Å². The van der Waals surface area contributed by atoms with Gasteiger partial charge in [-0.2, -0.15) is 0 Å². The fraction of sp³-hybridized carbons (Fsp3) is 0.364. The number of aromatic nitrogens is 2. The molecule has 1 aromatic heterocycles. The molecular weight excluding hydrogens is 386 g/mol. The molecule has 0 bridgehead atoms. The van der Waals surface area contributed by atoms with Gasteiger partial charge in [0, 0.05) is 42.5 Å². The number of ether oxygens (including phenoxy) is 1. The molecule has 0 amide bonds. The first-order valence-corrected chi connectivity index (χ1v) is 10.4. The van der Waals surface area contributed by atoms with E-state index in [0.717, 1.165) is 48.3 Å². The van der Waals surface area contributed by atoms with Crippen LogP contribution in [-0.2, 0) is 0 Å². The van der Waals surface area contributed by atoms with Crippen molar-refractivity contribution in [1.82, 2.24) is 14.9 Å². The van der Waals surface area contributed by atoms with E-state index in [4.69, 9.17) is 22.1 Å². The Bertz CT molecular complexity index is 1000. The van der Waals surface area contributed by atoms with Crippen LogP contribution in [0.2, 0.25) is 5.02 Å². The Hall–Kier alpha value is -2.57. The molecule has 29 heavy (non-hydrogen) atoms. The Kier molecular flexibility index (Phi) is 5.74. The highest BCUT2D eigenvalue weighted by atomic mass is 35.5.